The second-order valence-electron chi connectivity index (χ2n) is 7.92. The predicted molar refractivity (Wildman–Crippen MR) is 108 cm³/mol. The van der Waals surface area contributed by atoms with Gasteiger partial charge in [0.1, 0.15) is 10.6 Å². The van der Waals surface area contributed by atoms with Crippen LogP contribution in [0.5, 0.6) is 5.75 Å². The lowest BCUT2D eigenvalue weighted by atomic mass is 10.2. The first kappa shape index (κ1) is 21.1. The summed E-state index contributed by atoms with van der Waals surface area (Å²) in [5.74, 6) is -0.0418. The number of hydrogen-bond donors (Lipinski definition) is 2. The van der Waals surface area contributed by atoms with Gasteiger partial charge in [0.25, 0.3) is 5.91 Å². The lowest BCUT2D eigenvalue weighted by molar-refractivity contribution is 0.0939. The first-order chi connectivity index (χ1) is 13.3. The third kappa shape index (κ3) is 5.04. The molecule has 2 saturated carbocycles. The van der Waals surface area contributed by atoms with E-state index in [1.54, 1.807) is 6.07 Å². The molecule has 2 N–H and O–H groups in total. The van der Waals surface area contributed by atoms with Crippen LogP contribution in [0.4, 0.5) is 0 Å². The first-order valence-corrected chi connectivity index (χ1v) is 11.5. The summed E-state index contributed by atoms with van der Waals surface area (Å²) in [6.45, 7) is 2.59. The van der Waals surface area contributed by atoms with Gasteiger partial charge in [-0.15, -0.1) is 0 Å². The van der Waals surface area contributed by atoms with E-state index >= 15 is 0 Å². The van der Waals surface area contributed by atoms with Crippen molar-refractivity contribution in [2.75, 3.05) is 20.7 Å². The van der Waals surface area contributed by atoms with Gasteiger partial charge in [0, 0.05) is 30.2 Å². The Labute approximate surface area is 167 Å². The van der Waals surface area contributed by atoms with Gasteiger partial charge in [0.2, 0.25) is 10.0 Å². The standard InChI is InChI=1S/C20H31N3O4S/c1-14(23(2)17-9-10-17)13-21-20(24)15-8-11-18(27-3)19(12-15)28(25,26)22-16-6-4-5-7-16/h8,11-12,14,16-17,22H,4-7,9-10,13H2,1-3H3,(H,21,24). The van der Waals surface area contributed by atoms with E-state index < -0.39 is 10.0 Å². The molecular formula is C20H31N3O4S. The van der Waals surface area contributed by atoms with Crippen molar-refractivity contribution in [1.82, 2.24) is 14.9 Å². The van der Waals surface area contributed by atoms with Gasteiger partial charge in [-0.25, -0.2) is 13.1 Å². The van der Waals surface area contributed by atoms with Crippen molar-refractivity contribution in [3.8, 4) is 5.75 Å². The molecule has 1 aromatic rings. The maximum Gasteiger partial charge on any atom is 0.251 e. The SMILES string of the molecule is COc1ccc(C(=O)NCC(C)N(C)C2CC2)cc1S(=O)(=O)NC1CCCC1. The maximum atomic E-state index is 12.9. The summed E-state index contributed by atoms with van der Waals surface area (Å²) in [7, 11) is -0.253. The molecule has 0 radical (unpaired) electrons. The molecule has 3 rings (SSSR count). The fourth-order valence-corrected chi connectivity index (χ4v) is 5.18. The van der Waals surface area contributed by atoms with Crippen molar-refractivity contribution in [3.05, 3.63) is 23.8 Å². The number of hydrogen-bond acceptors (Lipinski definition) is 5. The Morgan fingerprint density at radius 3 is 2.54 bits per heavy atom. The zero-order chi connectivity index (χ0) is 20.3. The molecule has 28 heavy (non-hydrogen) atoms. The minimum Gasteiger partial charge on any atom is -0.495 e. The average Bonchev–Trinajstić information content (AvgIpc) is 3.42. The number of ether oxygens (including phenoxy) is 1. The van der Waals surface area contributed by atoms with Gasteiger partial charge in [-0.3, -0.25) is 9.69 Å². The molecule has 0 spiro atoms. The van der Waals surface area contributed by atoms with E-state index in [-0.39, 0.29) is 28.6 Å². The summed E-state index contributed by atoms with van der Waals surface area (Å²) in [5, 5.41) is 2.91. The van der Waals surface area contributed by atoms with E-state index in [2.05, 4.69) is 28.9 Å². The number of methoxy groups -OCH3 is 1. The third-order valence-corrected chi connectivity index (χ3v) is 7.31. The molecule has 0 aliphatic heterocycles. The molecule has 0 bridgehead atoms. The summed E-state index contributed by atoms with van der Waals surface area (Å²) in [5.41, 5.74) is 0.314. The molecule has 1 atom stereocenters. The molecule has 1 unspecified atom stereocenters. The largest absolute Gasteiger partial charge is 0.495 e. The summed E-state index contributed by atoms with van der Waals surface area (Å²) in [6.07, 6.45) is 6.16. The summed E-state index contributed by atoms with van der Waals surface area (Å²) >= 11 is 0. The molecule has 0 saturated heterocycles. The van der Waals surface area contributed by atoms with Crippen molar-refractivity contribution >= 4 is 15.9 Å². The molecule has 2 fully saturated rings. The quantitative estimate of drug-likeness (QED) is 0.652. The fourth-order valence-electron chi connectivity index (χ4n) is 3.68. The lowest BCUT2D eigenvalue weighted by Gasteiger charge is -2.24. The number of amides is 1. The number of sulfonamides is 1. The van der Waals surface area contributed by atoms with E-state index in [9.17, 15) is 13.2 Å². The Bertz CT molecular complexity index is 802. The topological polar surface area (TPSA) is 87.7 Å². The number of benzene rings is 1. The highest BCUT2D eigenvalue weighted by molar-refractivity contribution is 7.89. The zero-order valence-corrected chi connectivity index (χ0v) is 17.7. The number of nitrogens with one attached hydrogen (secondary N) is 2. The van der Waals surface area contributed by atoms with E-state index in [1.165, 1.54) is 32.1 Å². The van der Waals surface area contributed by atoms with Gasteiger partial charge >= 0.3 is 0 Å². The highest BCUT2D eigenvalue weighted by atomic mass is 32.2. The minimum absolute atomic E-state index is 0.0118. The Kier molecular flexibility index (Phi) is 6.62. The number of carbonyl (C=O) groups excluding carboxylic acids is 1. The average molecular weight is 410 g/mol. The smallest absolute Gasteiger partial charge is 0.251 e. The van der Waals surface area contributed by atoms with Crippen LogP contribution >= 0.6 is 0 Å². The molecule has 8 heteroatoms. The maximum absolute atomic E-state index is 12.9. The number of likely N-dealkylation sites (N-methyl/N-ethyl adjacent to an activating group) is 1. The van der Waals surface area contributed by atoms with Gasteiger partial charge in [0.05, 0.1) is 7.11 Å². The highest BCUT2D eigenvalue weighted by Gasteiger charge is 2.29. The summed E-state index contributed by atoms with van der Waals surface area (Å²) in [6, 6.07) is 5.33. The molecule has 1 aromatic carbocycles. The second-order valence-corrected chi connectivity index (χ2v) is 9.61. The molecule has 0 heterocycles. The van der Waals surface area contributed by atoms with Gasteiger partial charge in [-0.2, -0.15) is 0 Å². The van der Waals surface area contributed by atoms with Crippen LogP contribution in [0.25, 0.3) is 0 Å². The first-order valence-electron chi connectivity index (χ1n) is 10.0. The van der Waals surface area contributed by atoms with Crippen LogP contribution in [-0.2, 0) is 10.0 Å². The number of nitrogens with zero attached hydrogens (tertiary/aromatic N) is 1. The van der Waals surface area contributed by atoms with Crippen molar-refractivity contribution in [3.63, 3.8) is 0 Å². The zero-order valence-electron chi connectivity index (χ0n) is 16.9. The van der Waals surface area contributed by atoms with Gasteiger partial charge in [0.15, 0.2) is 0 Å². The van der Waals surface area contributed by atoms with Crippen LogP contribution < -0.4 is 14.8 Å². The molecule has 1 amide bonds. The predicted octanol–water partition coefficient (Wildman–Crippen LogP) is 2.13. The van der Waals surface area contributed by atoms with E-state index in [0.29, 0.717) is 18.2 Å². The second kappa shape index (κ2) is 8.80. The van der Waals surface area contributed by atoms with Crippen molar-refractivity contribution in [2.24, 2.45) is 0 Å². The number of carbonyl (C=O) groups is 1. The minimum atomic E-state index is -3.75. The van der Waals surface area contributed by atoms with Gasteiger partial charge < -0.3 is 10.1 Å². The number of rotatable bonds is 9. The third-order valence-electron chi connectivity index (χ3n) is 5.77. The fraction of sp³-hybridized carbons (Fsp3) is 0.650. The van der Waals surface area contributed by atoms with Crippen molar-refractivity contribution < 1.29 is 17.9 Å². The monoisotopic (exact) mass is 409 g/mol. The van der Waals surface area contributed by atoms with Crippen molar-refractivity contribution in [2.45, 2.75) is 68.5 Å². The summed E-state index contributed by atoms with van der Waals surface area (Å²) in [4.78, 5) is 14.9. The van der Waals surface area contributed by atoms with E-state index in [4.69, 9.17) is 4.74 Å². The molecule has 2 aliphatic carbocycles. The van der Waals surface area contributed by atoms with Crippen LogP contribution in [0, 0.1) is 0 Å². The van der Waals surface area contributed by atoms with Crippen LogP contribution in [0.2, 0.25) is 0 Å². The Balaban J connectivity index is 1.71. The Hall–Kier alpha value is -1.64. The summed E-state index contributed by atoms with van der Waals surface area (Å²) < 4.78 is 33.7. The van der Waals surface area contributed by atoms with E-state index in [1.807, 2.05) is 0 Å². The molecule has 2 aliphatic rings. The molecular weight excluding hydrogens is 378 g/mol. The Morgan fingerprint density at radius 2 is 1.93 bits per heavy atom. The van der Waals surface area contributed by atoms with Crippen molar-refractivity contribution in [1.29, 1.82) is 0 Å². The van der Waals surface area contributed by atoms with E-state index in [0.717, 1.165) is 25.7 Å². The van der Waals surface area contributed by atoms with Crippen LogP contribution in [-0.4, -0.2) is 58.1 Å². The molecule has 0 aromatic heterocycles. The normalized spacial score (nSPS) is 19.0. The lowest BCUT2D eigenvalue weighted by Crippen LogP contribution is -2.41. The highest BCUT2D eigenvalue weighted by Crippen LogP contribution is 2.28. The Morgan fingerprint density at radius 1 is 1.25 bits per heavy atom. The molecule has 156 valence electrons. The van der Waals surface area contributed by atoms with Gasteiger partial charge in [-0.1, -0.05) is 12.8 Å². The van der Waals surface area contributed by atoms with Crippen LogP contribution in [0.15, 0.2) is 23.1 Å². The van der Waals surface area contributed by atoms with Crippen LogP contribution in [0.3, 0.4) is 0 Å². The van der Waals surface area contributed by atoms with Gasteiger partial charge in [-0.05, 0) is 57.9 Å². The molecule has 7 nitrogen and oxygen atoms in total. The van der Waals surface area contributed by atoms with Crippen LogP contribution in [0.1, 0.15) is 55.8 Å².